The highest BCUT2D eigenvalue weighted by molar-refractivity contribution is 7.93. The summed E-state index contributed by atoms with van der Waals surface area (Å²) in [6.45, 7) is 4.72. The molecule has 0 bridgehead atoms. The van der Waals surface area contributed by atoms with E-state index in [2.05, 4.69) is 10.0 Å². The Hall–Kier alpha value is -1.07. The molecule has 0 spiro atoms. The highest BCUT2D eigenvalue weighted by Crippen LogP contribution is 2.30. The van der Waals surface area contributed by atoms with Crippen molar-refractivity contribution in [2.24, 2.45) is 0 Å². The van der Waals surface area contributed by atoms with Gasteiger partial charge in [-0.1, -0.05) is 0 Å². The number of hydrogen-bond donors (Lipinski definition) is 2. The van der Waals surface area contributed by atoms with Crippen molar-refractivity contribution in [1.29, 1.82) is 0 Å². The molecule has 1 fully saturated rings. The van der Waals surface area contributed by atoms with Crippen molar-refractivity contribution in [2.45, 2.75) is 24.8 Å². The molecule has 1 aromatic carbocycles. The van der Waals surface area contributed by atoms with Crippen LogP contribution in [0.3, 0.4) is 0 Å². The number of benzene rings is 1. The standard InChI is InChI=1S/C14H23N3O5S2.ClH/c1-4-23(18,19)16-13-9-12(22-3)5-6-14(13)24(20,21)17-8-7-15-10-11(17)2;/h5-6,9,11,15-16H,4,7-8,10H2,1-3H3;1H. The number of ether oxygens (including phenoxy) is 1. The minimum atomic E-state index is -3.84. The van der Waals surface area contributed by atoms with Crippen LogP contribution in [-0.2, 0) is 20.0 Å². The molecule has 0 aromatic heterocycles. The van der Waals surface area contributed by atoms with Crippen molar-refractivity contribution >= 4 is 38.1 Å². The third kappa shape index (κ3) is 4.98. The van der Waals surface area contributed by atoms with Crippen LogP contribution in [0, 0.1) is 0 Å². The summed E-state index contributed by atoms with van der Waals surface area (Å²) in [5, 5.41) is 3.13. The van der Waals surface area contributed by atoms with Gasteiger partial charge >= 0.3 is 0 Å². The lowest BCUT2D eigenvalue weighted by atomic mass is 10.3. The highest BCUT2D eigenvalue weighted by Gasteiger charge is 2.33. The van der Waals surface area contributed by atoms with Crippen LogP contribution in [0.2, 0.25) is 0 Å². The number of sulfonamides is 2. The van der Waals surface area contributed by atoms with E-state index in [0.717, 1.165) is 0 Å². The van der Waals surface area contributed by atoms with E-state index in [1.165, 1.54) is 36.5 Å². The van der Waals surface area contributed by atoms with Crippen LogP contribution in [0.15, 0.2) is 23.1 Å². The molecule has 0 saturated carbocycles. The predicted molar refractivity (Wildman–Crippen MR) is 99.5 cm³/mol. The molecule has 1 atom stereocenters. The fourth-order valence-electron chi connectivity index (χ4n) is 2.49. The molecule has 11 heteroatoms. The predicted octanol–water partition coefficient (Wildman–Crippen LogP) is 0.861. The van der Waals surface area contributed by atoms with Crippen LogP contribution >= 0.6 is 12.4 Å². The number of hydrogen-bond acceptors (Lipinski definition) is 6. The number of anilines is 1. The van der Waals surface area contributed by atoms with Gasteiger partial charge in [-0.15, -0.1) is 12.4 Å². The molecule has 0 aliphatic carbocycles. The molecule has 0 amide bonds. The lowest BCUT2D eigenvalue weighted by Gasteiger charge is -2.33. The topological polar surface area (TPSA) is 105 Å². The summed E-state index contributed by atoms with van der Waals surface area (Å²) in [5.41, 5.74) is 0.00179. The highest BCUT2D eigenvalue weighted by atomic mass is 35.5. The van der Waals surface area contributed by atoms with Crippen molar-refractivity contribution in [2.75, 3.05) is 37.2 Å². The van der Waals surface area contributed by atoms with Gasteiger partial charge in [-0.2, -0.15) is 4.31 Å². The maximum Gasteiger partial charge on any atom is 0.245 e. The normalized spacial score (nSPS) is 19.1. The Kier molecular flexibility index (Phi) is 7.51. The molecule has 1 aliphatic heterocycles. The molecule has 2 N–H and O–H groups in total. The Bertz CT molecular complexity index is 799. The van der Waals surface area contributed by atoms with Crippen LogP contribution in [0.4, 0.5) is 5.69 Å². The van der Waals surface area contributed by atoms with E-state index in [4.69, 9.17) is 4.74 Å². The molecule has 25 heavy (non-hydrogen) atoms. The molecule has 1 aliphatic rings. The molecule has 1 heterocycles. The van der Waals surface area contributed by atoms with Gasteiger partial charge in [-0.25, -0.2) is 16.8 Å². The smallest absolute Gasteiger partial charge is 0.245 e. The van der Waals surface area contributed by atoms with Gasteiger partial charge in [0.15, 0.2) is 0 Å². The minimum Gasteiger partial charge on any atom is -0.497 e. The van der Waals surface area contributed by atoms with E-state index in [1.54, 1.807) is 0 Å². The molecule has 8 nitrogen and oxygen atoms in total. The van der Waals surface area contributed by atoms with E-state index in [0.29, 0.717) is 25.4 Å². The molecule has 1 unspecified atom stereocenters. The van der Waals surface area contributed by atoms with Crippen LogP contribution in [0.5, 0.6) is 5.75 Å². The van der Waals surface area contributed by atoms with Gasteiger partial charge in [0.2, 0.25) is 20.0 Å². The summed E-state index contributed by atoms with van der Waals surface area (Å²) in [5.74, 6) is 0.212. The van der Waals surface area contributed by atoms with Crippen molar-refractivity contribution in [1.82, 2.24) is 9.62 Å². The van der Waals surface area contributed by atoms with E-state index < -0.39 is 20.0 Å². The Morgan fingerprint density at radius 2 is 2.00 bits per heavy atom. The number of halogens is 1. The molecule has 144 valence electrons. The number of rotatable bonds is 6. The minimum absolute atomic E-state index is 0. The number of piperazine rings is 1. The number of nitrogens with zero attached hydrogens (tertiary/aromatic N) is 1. The first-order chi connectivity index (χ1) is 11.2. The summed E-state index contributed by atoms with van der Waals surface area (Å²) in [6.07, 6.45) is 0. The van der Waals surface area contributed by atoms with E-state index in [-0.39, 0.29) is 34.8 Å². The first-order valence-electron chi connectivity index (χ1n) is 7.62. The van der Waals surface area contributed by atoms with E-state index in [9.17, 15) is 16.8 Å². The van der Waals surface area contributed by atoms with E-state index >= 15 is 0 Å². The summed E-state index contributed by atoms with van der Waals surface area (Å²) < 4.78 is 58.7. The molecule has 1 saturated heterocycles. The second-order valence-corrected chi connectivity index (χ2v) is 9.41. The van der Waals surface area contributed by atoms with Gasteiger partial charge in [0.1, 0.15) is 10.6 Å². The van der Waals surface area contributed by atoms with Gasteiger partial charge < -0.3 is 10.1 Å². The van der Waals surface area contributed by atoms with Gasteiger partial charge in [0, 0.05) is 31.7 Å². The lowest BCUT2D eigenvalue weighted by Crippen LogP contribution is -2.52. The Labute approximate surface area is 155 Å². The van der Waals surface area contributed by atoms with Gasteiger partial charge in [-0.05, 0) is 26.0 Å². The quantitative estimate of drug-likeness (QED) is 0.716. The number of nitrogens with one attached hydrogen (secondary N) is 2. The van der Waals surface area contributed by atoms with Crippen LogP contribution in [-0.4, -0.2) is 59.7 Å². The first kappa shape index (κ1) is 22.0. The van der Waals surface area contributed by atoms with Crippen LogP contribution in [0.25, 0.3) is 0 Å². The average Bonchev–Trinajstić information content (AvgIpc) is 2.54. The summed E-state index contributed by atoms with van der Waals surface area (Å²) in [4.78, 5) is -0.0749. The third-order valence-electron chi connectivity index (χ3n) is 3.86. The molecular formula is C14H24ClN3O5S2. The summed E-state index contributed by atoms with van der Waals surface area (Å²) in [6, 6.07) is 4.04. The lowest BCUT2D eigenvalue weighted by molar-refractivity contribution is 0.284. The zero-order valence-electron chi connectivity index (χ0n) is 14.4. The molecular weight excluding hydrogens is 390 g/mol. The van der Waals surface area contributed by atoms with Crippen LogP contribution < -0.4 is 14.8 Å². The fraction of sp³-hybridized carbons (Fsp3) is 0.571. The molecule has 0 radical (unpaired) electrons. The molecule has 1 aromatic rings. The average molecular weight is 414 g/mol. The summed E-state index contributed by atoms with van der Waals surface area (Å²) >= 11 is 0. The number of methoxy groups -OCH3 is 1. The SMILES string of the molecule is CCS(=O)(=O)Nc1cc(OC)ccc1S(=O)(=O)N1CCNCC1C.Cl. The van der Waals surface area contributed by atoms with Crippen molar-refractivity contribution in [3.63, 3.8) is 0 Å². The monoisotopic (exact) mass is 413 g/mol. The van der Waals surface area contributed by atoms with Gasteiger partial charge in [-0.3, -0.25) is 4.72 Å². The van der Waals surface area contributed by atoms with Crippen molar-refractivity contribution in [3.05, 3.63) is 18.2 Å². The zero-order valence-corrected chi connectivity index (χ0v) is 16.8. The Balaban J connectivity index is 0.00000312. The van der Waals surface area contributed by atoms with Crippen LogP contribution in [0.1, 0.15) is 13.8 Å². The van der Waals surface area contributed by atoms with Crippen molar-refractivity contribution < 1.29 is 21.6 Å². The largest absolute Gasteiger partial charge is 0.497 e. The van der Waals surface area contributed by atoms with E-state index in [1.807, 2.05) is 6.92 Å². The fourth-order valence-corrected chi connectivity index (χ4v) is 4.96. The first-order valence-corrected chi connectivity index (χ1v) is 10.7. The second-order valence-electron chi connectivity index (χ2n) is 5.54. The maximum atomic E-state index is 13.0. The third-order valence-corrected chi connectivity index (χ3v) is 7.22. The molecule has 2 rings (SSSR count). The van der Waals surface area contributed by atoms with Gasteiger partial charge in [0.05, 0.1) is 18.6 Å². The van der Waals surface area contributed by atoms with Crippen molar-refractivity contribution in [3.8, 4) is 5.75 Å². The Morgan fingerprint density at radius 1 is 1.32 bits per heavy atom. The zero-order chi connectivity index (χ0) is 18.0. The second kappa shape index (κ2) is 8.54. The van der Waals surface area contributed by atoms with Gasteiger partial charge in [0.25, 0.3) is 0 Å². The maximum absolute atomic E-state index is 13.0. The summed E-state index contributed by atoms with van der Waals surface area (Å²) in [7, 11) is -6.03. The Morgan fingerprint density at radius 3 is 2.56 bits per heavy atom.